The Morgan fingerprint density at radius 3 is 2.55 bits per heavy atom. The summed E-state index contributed by atoms with van der Waals surface area (Å²) < 4.78 is 2.40. The van der Waals surface area contributed by atoms with Crippen molar-refractivity contribution >= 4 is 28.6 Å². The van der Waals surface area contributed by atoms with E-state index in [1.807, 2.05) is 6.92 Å². The van der Waals surface area contributed by atoms with Crippen molar-refractivity contribution in [1.29, 1.82) is 0 Å². The number of carbonyl (C=O) groups excluding carboxylic acids is 1. The van der Waals surface area contributed by atoms with Gasteiger partial charge >= 0.3 is 5.69 Å². The Hall–Kier alpha value is -1.89. The number of hydrogen-bond donors (Lipinski definition) is 0. The molecule has 0 amide bonds. The summed E-state index contributed by atoms with van der Waals surface area (Å²) in [4.78, 5) is 40.3. The van der Waals surface area contributed by atoms with E-state index in [1.165, 1.54) is 30.3 Å². The minimum Gasteiger partial charge on any atom is -0.299 e. The highest BCUT2D eigenvalue weighted by molar-refractivity contribution is 8.00. The Bertz CT molecular complexity index is 820. The summed E-state index contributed by atoms with van der Waals surface area (Å²) in [6.07, 6.45) is 1.61. The van der Waals surface area contributed by atoms with Gasteiger partial charge in [0.2, 0.25) is 0 Å². The van der Waals surface area contributed by atoms with Gasteiger partial charge < -0.3 is 0 Å². The number of hydrogen-bond acceptors (Lipinski definition) is 5. The van der Waals surface area contributed by atoms with Crippen LogP contribution >= 0.6 is 11.8 Å². The third-order valence-corrected chi connectivity index (χ3v) is 4.38. The smallest absolute Gasteiger partial charge is 0.299 e. The molecule has 0 aliphatic heterocycles. The first kappa shape index (κ1) is 14.5. The lowest BCUT2D eigenvalue weighted by molar-refractivity contribution is -0.114. The lowest BCUT2D eigenvalue weighted by Gasteiger charge is -2.11. The number of Topliss-reactive ketones (excluding diaryl/α,β-unsaturated/α-hetero) is 1. The Morgan fingerprint density at radius 1 is 1.30 bits per heavy atom. The van der Waals surface area contributed by atoms with Crippen molar-refractivity contribution in [2.24, 2.45) is 14.1 Å². The number of carbonyl (C=O) groups is 1. The highest BCUT2D eigenvalue weighted by atomic mass is 32.2. The molecule has 0 aliphatic carbocycles. The predicted octanol–water partition coefficient (Wildman–Crippen LogP) is 0.622. The molecule has 0 spiro atoms. The molecule has 2 aromatic heterocycles. The Morgan fingerprint density at radius 2 is 1.95 bits per heavy atom. The van der Waals surface area contributed by atoms with Crippen molar-refractivity contribution in [2.75, 3.05) is 5.75 Å². The molecule has 0 radical (unpaired) electrons. The summed E-state index contributed by atoms with van der Waals surface area (Å²) in [6.45, 7) is 3.33. The molecule has 2 aromatic rings. The van der Waals surface area contributed by atoms with E-state index in [4.69, 9.17) is 0 Å². The number of fused-ring (bicyclic) bond motifs is 1. The summed E-state index contributed by atoms with van der Waals surface area (Å²) in [7, 11) is 3.01. The molecule has 2 rings (SSSR count). The molecule has 2 heterocycles. The van der Waals surface area contributed by atoms with Crippen LogP contribution in [0.15, 0.2) is 20.7 Å². The van der Waals surface area contributed by atoms with Crippen molar-refractivity contribution in [3.8, 4) is 0 Å². The van der Waals surface area contributed by atoms with E-state index < -0.39 is 5.69 Å². The fourth-order valence-electron chi connectivity index (χ4n) is 1.96. The molecule has 0 bridgehead atoms. The first-order valence-electron chi connectivity index (χ1n) is 6.02. The van der Waals surface area contributed by atoms with Gasteiger partial charge in [0.1, 0.15) is 11.4 Å². The zero-order valence-corrected chi connectivity index (χ0v) is 12.6. The van der Waals surface area contributed by atoms with Gasteiger partial charge in [-0.3, -0.25) is 18.7 Å². The Balaban J connectivity index is 2.87. The van der Waals surface area contributed by atoms with E-state index >= 15 is 0 Å². The van der Waals surface area contributed by atoms with Crippen molar-refractivity contribution in [3.05, 3.63) is 32.6 Å². The fraction of sp³-hybridized carbons (Fsp3) is 0.385. The van der Waals surface area contributed by atoms with Gasteiger partial charge in [-0.25, -0.2) is 9.78 Å². The fourth-order valence-corrected chi connectivity index (χ4v) is 2.91. The van der Waals surface area contributed by atoms with E-state index in [0.29, 0.717) is 15.9 Å². The van der Waals surface area contributed by atoms with Crippen molar-refractivity contribution in [1.82, 2.24) is 14.1 Å². The lowest BCUT2D eigenvalue weighted by Crippen LogP contribution is -2.37. The first-order valence-corrected chi connectivity index (χ1v) is 7.00. The quantitative estimate of drug-likeness (QED) is 0.776. The van der Waals surface area contributed by atoms with Crippen LogP contribution in [0.4, 0.5) is 0 Å². The van der Waals surface area contributed by atoms with Crippen LogP contribution in [0, 0.1) is 6.92 Å². The number of ketones is 1. The number of aromatic nitrogens is 3. The second-order valence-corrected chi connectivity index (χ2v) is 5.65. The van der Waals surface area contributed by atoms with Gasteiger partial charge in [-0.2, -0.15) is 0 Å². The van der Waals surface area contributed by atoms with Crippen molar-refractivity contribution < 1.29 is 4.79 Å². The lowest BCUT2D eigenvalue weighted by atomic mass is 10.2. The van der Waals surface area contributed by atoms with E-state index in [1.54, 1.807) is 13.2 Å². The number of aryl methyl sites for hydroxylation is 2. The van der Waals surface area contributed by atoms with Gasteiger partial charge in [0.05, 0.1) is 11.1 Å². The maximum absolute atomic E-state index is 12.3. The van der Waals surface area contributed by atoms with Gasteiger partial charge in [0, 0.05) is 25.2 Å². The normalized spacial score (nSPS) is 11.0. The SMILES string of the molecule is CC(=O)CSc1c(C)cnc2c1c(=O)n(C)c(=O)n2C. The summed E-state index contributed by atoms with van der Waals surface area (Å²) in [5.41, 5.74) is 0.362. The maximum atomic E-state index is 12.3. The predicted molar refractivity (Wildman–Crippen MR) is 78.4 cm³/mol. The van der Waals surface area contributed by atoms with E-state index in [9.17, 15) is 14.4 Å². The van der Waals surface area contributed by atoms with Crippen molar-refractivity contribution in [2.45, 2.75) is 18.7 Å². The summed E-state index contributed by atoms with van der Waals surface area (Å²) in [5, 5.41) is 0.390. The zero-order chi connectivity index (χ0) is 15.0. The molecule has 0 unspecified atom stereocenters. The second-order valence-electron chi connectivity index (χ2n) is 4.67. The molecule has 0 saturated heterocycles. The number of rotatable bonds is 3. The molecule has 0 atom stereocenters. The van der Waals surface area contributed by atoms with E-state index in [2.05, 4.69) is 4.98 Å². The Labute approximate surface area is 119 Å². The highest BCUT2D eigenvalue weighted by Crippen LogP contribution is 2.27. The van der Waals surface area contributed by atoms with Gasteiger partial charge in [-0.1, -0.05) is 0 Å². The van der Waals surface area contributed by atoms with E-state index in [0.717, 1.165) is 10.1 Å². The molecule has 7 heteroatoms. The minimum atomic E-state index is -0.415. The van der Waals surface area contributed by atoms with Crippen LogP contribution in [0.25, 0.3) is 11.0 Å². The van der Waals surface area contributed by atoms with Crippen LogP contribution < -0.4 is 11.2 Å². The van der Waals surface area contributed by atoms with E-state index in [-0.39, 0.29) is 17.1 Å². The average molecular weight is 293 g/mol. The molecule has 0 saturated carbocycles. The third kappa shape index (κ3) is 2.29. The summed E-state index contributed by atoms with van der Waals surface area (Å²) in [6, 6.07) is 0. The maximum Gasteiger partial charge on any atom is 0.332 e. The van der Waals surface area contributed by atoms with Crippen LogP contribution in [0.3, 0.4) is 0 Å². The monoisotopic (exact) mass is 293 g/mol. The molecule has 20 heavy (non-hydrogen) atoms. The zero-order valence-electron chi connectivity index (χ0n) is 11.8. The third-order valence-electron chi connectivity index (χ3n) is 3.02. The molecule has 6 nitrogen and oxygen atoms in total. The standard InChI is InChI=1S/C13H15N3O3S/c1-7-5-14-11-9(10(7)20-6-8(2)17)12(18)16(4)13(19)15(11)3/h5H,6H2,1-4H3. The topological polar surface area (TPSA) is 74.0 Å². The second kappa shape index (κ2) is 5.24. The molecule has 0 N–H and O–H groups in total. The van der Waals surface area contributed by atoms with Gasteiger partial charge in [0.25, 0.3) is 5.56 Å². The van der Waals surface area contributed by atoms with Crippen LogP contribution in [0.5, 0.6) is 0 Å². The molecule has 0 fully saturated rings. The summed E-state index contributed by atoms with van der Waals surface area (Å²) in [5.74, 6) is 0.312. The largest absolute Gasteiger partial charge is 0.332 e. The summed E-state index contributed by atoms with van der Waals surface area (Å²) >= 11 is 1.30. The highest BCUT2D eigenvalue weighted by Gasteiger charge is 2.16. The molecule has 0 aromatic carbocycles. The number of pyridine rings is 1. The van der Waals surface area contributed by atoms with Crippen LogP contribution in [-0.4, -0.2) is 25.7 Å². The van der Waals surface area contributed by atoms with Crippen molar-refractivity contribution in [3.63, 3.8) is 0 Å². The van der Waals surface area contributed by atoms with Gasteiger partial charge in [0.15, 0.2) is 0 Å². The molecular weight excluding hydrogens is 278 g/mol. The Kier molecular flexibility index (Phi) is 3.80. The van der Waals surface area contributed by atoms with Gasteiger partial charge in [-0.05, 0) is 19.4 Å². The van der Waals surface area contributed by atoms with Crippen LogP contribution in [0.1, 0.15) is 12.5 Å². The molecule has 106 valence electrons. The minimum absolute atomic E-state index is 0.0287. The molecule has 0 aliphatic rings. The van der Waals surface area contributed by atoms with Crippen LogP contribution in [-0.2, 0) is 18.9 Å². The van der Waals surface area contributed by atoms with Gasteiger partial charge in [-0.15, -0.1) is 11.8 Å². The van der Waals surface area contributed by atoms with Crippen LogP contribution in [0.2, 0.25) is 0 Å². The number of thioether (sulfide) groups is 1. The first-order chi connectivity index (χ1) is 9.34. The molecular formula is C13H15N3O3S. The average Bonchev–Trinajstić information content (AvgIpc) is 2.40. The number of nitrogens with zero attached hydrogens (tertiary/aromatic N) is 3.